The molecule has 0 heterocycles. The summed E-state index contributed by atoms with van der Waals surface area (Å²) in [6, 6.07) is 5.04. The molecule has 1 rings (SSSR count). The third-order valence-electron chi connectivity index (χ3n) is 2.72. The minimum Gasteiger partial charge on any atom is -0.383 e. The van der Waals surface area contributed by atoms with Gasteiger partial charge in [0.15, 0.2) is 0 Å². The minimum atomic E-state index is -0.201. The lowest BCUT2D eigenvalue weighted by Gasteiger charge is -2.17. The Hall–Kier alpha value is -0.640. The summed E-state index contributed by atoms with van der Waals surface area (Å²) in [7, 11) is 1.66. The molecule has 1 aromatic carbocycles. The van der Waals surface area contributed by atoms with Crippen molar-refractivity contribution in [3.63, 3.8) is 0 Å². The molecular weight excluding hydrogens is 241 g/mol. The maximum Gasteiger partial charge on any atom is 0.123 e. The van der Waals surface area contributed by atoms with Gasteiger partial charge in [-0.15, -0.1) is 11.6 Å². The molecule has 4 heteroatoms. The van der Waals surface area contributed by atoms with Gasteiger partial charge in [-0.1, -0.05) is 6.07 Å². The number of alkyl halides is 1. The van der Waals surface area contributed by atoms with Crippen molar-refractivity contribution < 1.29 is 9.13 Å². The second kappa shape index (κ2) is 7.64. The van der Waals surface area contributed by atoms with E-state index in [1.54, 1.807) is 19.2 Å². The first-order valence-corrected chi connectivity index (χ1v) is 6.24. The van der Waals surface area contributed by atoms with Gasteiger partial charge in [0.25, 0.3) is 0 Å². The third-order valence-corrected chi connectivity index (χ3v) is 2.94. The van der Waals surface area contributed by atoms with Crippen LogP contribution in [0.15, 0.2) is 18.2 Å². The Bertz CT molecular complexity index is 340. The Kier molecular flexibility index (Phi) is 6.48. The molecular formula is C13H19ClFNO. The summed E-state index contributed by atoms with van der Waals surface area (Å²) in [6.45, 7) is 3.22. The van der Waals surface area contributed by atoms with Gasteiger partial charge in [-0.2, -0.15) is 0 Å². The molecule has 0 amide bonds. The molecule has 1 N–H and O–H groups in total. The van der Waals surface area contributed by atoms with E-state index in [0.717, 1.165) is 17.5 Å². The summed E-state index contributed by atoms with van der Waals surface area (Å²) >= 11 is 5.71. The highest BCUT2D eigenvalue weighted by Crippen LogP contribution is 2.10. The van der Waals surface area contributed by atoms with Crippen LogP contribution < -0.4 is 5.32 Å². The maximum absolute atomic E-state index is 13.1. The van der Waals surface area contributed by atoms with E-state index in [4.69, 9.17) is 16.3 Å². The van der Waals surface area contributed by atoms with Crippen LogP contribution in [0.4, 0.5) is 4.39 Å². The smallest absolute Gasteiger partial charge is 0.123 e. The van der Waals surface area contributed by atoms with Gasteiger partial charge in [0.05, 0.1) is 6.61 Å². The number of hydrogen-bond donors (Lipinski definition) is 1. The molecule has 0 saturated heterocycles. The second-order valence-electron chi connectivity index (χ2n) is 4.08. The molecule has 96 valence electrons. The van der Waals surface area contributed by atoms with Gasteiger partial charge in [0, 0.05) is 25.6 Å². The van der Waals surface area contributed by atoms with Gasteiger partial charge < -0.3 is 10.1 Å². The molecule has 0 spiro atoms. The number of ether oxygens (including phenoxy) is 1. The fraction of sp³-hybridized carbons (Fsp3) is 0.538. The molecule has 1 atom stereocenters. The zero-order valence-corrected chi connectivity index (χ0v) is 11.1. The molecule has 17 heavy (non-hydrogen) atoms. The van der Waals surface area contributed by atoms with Crippen molar-refractivity contribution in [3.8, 4) is 0 Å². The van der Waals surface area contributed by atoms with Gasteiger partial charge in [0.1, 0.15) is 5.82 Å². The van der Waals surface area contributed by atoms with E-state index in [0.29, 0.717) is 19.0 Å². The zero-order valence-electron chi connectivity index (χ0n) is 10.3. The van der Waals surface area contributed by atoms with Gasteiger partial charge in [-0.25, -0.2) is 4.39 Å². The highest BCUT2D eigenvalue weighted by atomic mass is 35.5. The van der Waals surface area contributed by atoms with Crippen molar-refractivity contribution in [2.75, 3.05) is 19.6 Å². The lowest BCUT2D eigenvalue weighted by atomic mass is 10.1. The number of benzene rings is 1. The minimum absolute atomic E-state index is 0.201. The van der Waals surface area contributed by atoms with Crippen molar-refractivity contribution in [2.24, 2.45) is 0 Å². The lowest BCUT2D eigenvalue weighted by molar-refractivity contribution is 0.164. The normalized spacial score (nSPS) is 12.7. The first kappa shape index (κ1) is 14.4. The number of hydrogen-bond acceptors (Lipinski definition) is 2. The second-order valence-corrected chi connectivity index (χ2v) is 4.46. The highest BCUT2D eigenvalue weighted by Gasteiger charge is 2.08. The van der Waals surface area contributed by atoms with Crippen LogP contribution in [0.5, 0.6) is 0 Å². The van der Waals surface area contributed by atoms with Crippen molar-refractivity contribution in [2.45, 2.75) is 25.9 Å². The van der Waals surface area contributed by atoms with Crippen LogP contribution in [-0.4, -0.2) is 25.6 Å². The predicted molar refractivity (Wildman–Crippen MR) is 69.0 cm³/mol. The topological polar surface area (TPSA) is 21.3 Å². The van der Waals surface area contributed by atoms with E-state index in [-0.39, 0.29) is 11.9 Å². The molecule has 0 saturated carbocycles. The third kappa shape index (κ3) is 5.02. The first-order chi connectivity index (χ1) is 8.17. The molecule has 1 aromatic rings. The Morgan fingerprint density at radius 2 is 2.24 bits per heavy atom. The van der Waals surface area contributed by atoms with E-state index in [2.05, 4.69) is 5.32 Å². The SMILES string of the molecule is COCC(CCCl)NCc1cc(F)ccc1C. The predicted octanol–water partition coefficient (Wildman–Crippen LogP) is 2.87. The highest BCUT2D eigenvalue weighted by molar-refractivity contribution is 6.17. The molecule has 0 aliphatic rings. The molecule has 0 bridgehead atoms. The van der Waals surface area contributed by atoms with Crippen LogP contribution in [0, 0.1) is 12.7 Å². The number of aryl methyl sites for hydroxylation is 1. The van der Waals surface area contributed by atoms with E-state index < -0.39 is 0 Å². The van der Waals surface area contributed by atoms with Gasteiger partial charge in [-0.05, 0) is 36.6 Å². The number of methoxy groups -OCH3 is 1. The van der Waals surface area contributed by atoms with Gasteiger partial charge in [-0.3, -0.25) is 0 Å². The Morgan fingerprint density at radius 3 is 2.88 bits per heavy atom. The van der Waals surface area contributed by atoms with Gasteiger partial charge in [0.2, 0.25) is 0 Å². The number of rotatable bonds is 7. The largest absolute Gasteiger partial charge is 0.383 e. The van der Waals surface area contributed by atoms with Crippen LogP contribution in [0.2, 0.25) is 0 Å². The Labute approximate surface area is 107 Å². The van der Waals surface area contributed by atoms with Crippen LogP contribution in [0.3, 0.4) is 0 Å². The summed E-state index contributed by atoms with van der Waals surface area (Å²) in [4.78, 5) is 0. The lowest BCUT2D eigenvalue weighted by Crippen LogP contribution is -2.33. The molecule has 0 aliphatic carbocycles. The monoisotopic (exact) mass is 259 g/mol. The first-order valence-electron chi connectivity index (χ1n) is 5.70. The Morgan fingerprint density at radius 1 is 1.47 bits per heavy atom. The Balaban J connectivity index is 2.55. The number of nitrogens with one attached hydrogen (secondary N) is 1. The molecule has 0 aliphatic heterocycles. The quantitative estimate of drug-likeness (QED) is 0.761. The summed E-state index contributed by atoms with van der Waals surface area (Å²) < 4.78 is 18.2. The molecule has 0 radical (unpaired) electrons. The van der Waals surface area contributed by atoms with Crippen LogP contribution in [0.1, 0.15) is 17.5 Å². The molecule has 2 nitrogen and oxygen atoms in total. The zero-order chi connectivity index (χ0) is 12.7. The average Bonchev–Trinajstić information content (AvgIpc) is 2.30. The van der Waals surface area contributed by atoms with E-state index >= 15 is 0 Å². The fourth-order valence-corrected chi connectivity index (χ4v) is 1.93. The van der Waals surface area contributed by atoms with E-state index in [1.807, 2.05) is 6.92 Å². The number of halogens is 2. The van der Waals surface area contributed by atoms with E-state index in [1.165, 1.54) is 6.07 Å². The molecule has 0 fully saturated rings. The standard InChI is InChI=1S/C13H19ClFNO/c1-10-3-4-12(15)7-11(10)8-16-13(5-6-14)9-17-2/h3-4,7,13,16H,5-6,8-9H2,1-2H3. The molecule has 0 aromatic heterocycles. The maximum atomic E-state index is 13.1. The fourth-order valence-electron chi connectivity index (χ4n) is 1.66. The van der Waals surface area contributed by atoms with Crippen LogP contribution in [0.25, 0.3) is 0 Å². The summed E-state index contributed by atoms with van der Waals surface area (Å²) in [5.74, 6) is 0.386. The molecule has 1 unspecified atom stereocenters. The van der Waals surface area contributed by atoms with Crippen LogP contribution in [-0.2, 0) is 11.3 Å². The van der Waals surface area contributed by atoms with E-state index in [9.17, 15) is 4.39 Å². The van der Waals surface area contributed by atoms with Crippen molar-refractivity contribution in [1.29, 1.82) is 0 Å². The summed E-state index contributed by atoms with van der Waals surface area (Å²) in [6.07, 6.45) is 0.837. The van der Waals surface area contributed by atoms with Crippen molar-refractivity contribution in [1.82, 2.24) is 5.32 Å². The average molecular weight is 260 g/mol. The van der Waals surface area contributed by atoms with Crippen molar-refractivity contribution in [3.05, 3.63) is 35.1 Å². The van der Waals surface area contributed by atoms with Gasteiger partial charge >= 0.3 is 0 Å². The van der Waals surface area contributed by atoms with Crippen molar-refractivity contribution >= 4 is 11.6 Å². The van der Waals surface area contributed by atoms with Crippen LogP contribution >= 0.6 is 11.6 Å². The summed E-state index contributed by atoms with van der Waals surface area (Å²) in [5.41, 5.74) is 2.06. The summed E-state index contributed by atoms with van der Waals surface area (Å²) in [5, 5.41) is 3.33.